The van der Waals surface area contributed by atoms with Gasteiger partial charge >= 0.3 is 7.12 Å². The van der Waals surface area contributed by atoms with Gasteiger partial charge in [-0.15, -0.1) is 0 Å². The fraction of sp³-hybridized carbons (Fsp3) is 0.667. The highest BCUT2D eigenvalue weighted by Gasteiger charge is 2.52. The third-order valence-electron chi connectivity index (χ3n) is 4.64. The van der Waals surface area contributed by atoms with Crippen molar-refractivity contribution < 1.29 is 14.0 Å². The van der Waals surface area contributed by atoms with Crippen LogP contribution in [-0.4, -0.2) is 30.4 Å². The van der Waals surface area contributed by atoms with Gasteiger partial charge in [0.25, 0.3) is 0 Å². The van der Waals surface area contributed by atoms with Crippen LogP contribution in [0.3, 0.4) is 0 Å². The third-order valence-corrected chi connectivity index (χ3v) is 4.64. The van der Waals surface area contributed by atoms with Crippen LogP contribution >= 0.6 is 0 Å². The zero-order valence-corrected chi connectivity index (χ0v) is 12.9. The molecule has 20 heavy (non-hydrogen) atoms. The monoisotopic (exact) mass is 275 g/mol. The molecule has 1 saturated heterocycles. The van der Waals surface area contributed by atoms with Gasteiger partial charge in [0.05, 0.1) is 24.5 Å². The summed E-state index contributed by atoms with van der Waals surface area (Å²) in [5.74, 6) is 1.33. The van der Waals surface area contributed by atoms with E-state index in [2.05, 4.69) is 38.7 Å². The summed E-state index contributed by atoms with van der Waals surface area (Å²) in [5.41, 5.74) is 1.38. The van der Waals surface area contributed by atoms with Gasteiger partial charge in [-0.05, 0) is 46.6 Å². The molecule has 0 amide bonds. The lowest BCUT2D eigenvalue weighted by molar-refractivity contribution is 0.00578. The van der Waals surface area contributed by atoms with Crippen LogP contribution < -0.4 is 10.2 Å². The van der Waals surface area contributed by atoms with Crippen LogP contribution in [0.15, 0.2) is 12.3 Å². The second-order valence-corrected chi connectivity index (χ2v) is 6.71. The Morgan fingerprint density at radius 1 is 1.20 bits per heavy atom. The molecule has 4 nitrogen and oxygen atoms in total. The number of ether oxygens (including phenoxy) is 1. The second kappa shape index (κ2) is 4.47. The lowest BCUT2D eigenvalue weighted by atomic mass is 9.78. The summed E-state index contributed by atoms with van der Waals surface area (Å²) in [6, 6.07) is 2.08. The van der Waals surface area contributed by atoms with Gasteiger partial charge in [0.15, 0.2) is 0 Å². The van der Waals surface area contributed by atoms with Gasteiger partial charge in [0, 0.05) is 17.1 Å². The minimum atomic E-state index is -0.393. The number of pyridine rings is 1. The van der Waals surface area contributed by atoms with E-state index in [0.29, 0.717) is 5.92 Å². The highest BCUT2D eigenvalue weighted by atomic mass is 16.7. The van der Waals surface area contributed by atoms with Gasteiger partial charge in [-0.25, -0.2) is 0 Å². The summed E-state index contributed by atoms with van der Waals surface area (Å²) in [4.78, 5) is 4.48. The molecule has 1 aliphatic carbocycles. The quantitative estimate of drug-likeness (QED) is 0.793. The van der Waals surface area contributed by atoms with Gasteiger partial charge in [-0.1, -0.05) is 0 Å². The SMILES string of the molecule is COc1cnc(C2CC2)cc1B1OC(C)(C)C(C)(C)O1. The van der Waals surface area contributed by atoms with E-state index >= 15 is 0 Å². The average Bonchev–Trinajstić information content (AvgIpc) is 3.17. The van der Waals surface area contributed by atoms with Crippen molar-refractivity contribution in [3.05, 3.63) is 18.0 Å². The molecule has 1 saturated carbocycles. The van der Waals surface area contributed by atoms with Crippen molar-refractivity contribution in [1.29, 1.82) is 0 Å². The van der Waals surface area contributed by atoms with E-state index < -0.39 is 7.12 Å². The van der Waals surface area contributed by atoms with E-state index in [-0.39, 0.29) is 11.2 Å². The van der Waals surface area contributed by atoms with Crippen LogP contribution in [0, 0.1) is 0 Å². The van der Waals surface area contributed by atoms with E-state index in [1.165, 1.54) is 12.8 Å². The fourth-order valence-corrected chi connectivity index (χ4v) is 2.40. The van der Waals surface area contributed by atoms with Crippen LogP contribution in [0.4, 0.5) is 0 Å². The highest BCUT2D eigenvalue weighted by molar-refractivity contribution is 6.63. The predicted octanol–water partition coefficient (Wildman–Crippen LogP) is 2.27. The van der Waals surface area contributed by atoms with E-state index in [4.69, 9.17) is 14.0 Å². The third kappa shape index (κ3) is 2.23. The first-order valence-corrected chi connectivity index (χ1v) is 7.23. The van der Waals surface area contributed by atoms with Crippen molar-refractivity contribution in [3.63, 3.8) is 0 Å². The number of hydrogen-bond donors (Lipinski definition) is 0. The lowest BCUT2D eigenvalue weighted by Crippen LogP contribution is -2.41. The molecule has 5 heteroatoms. The van der Waals surface area contributed by atoms with E-state index in [9.17, 15) is 0 Å². The molecule has 0 unspecified atom stereocenters. The smallest absolute Gasteiger partial charge is 0.496 e. The Kier molecular flexibility index (Phi) is 3.10. The molecule has 0 bridgehead atoms. The first-order chi connectivity index (χ1) is 9.34. The number of aromatic nitrogens is 1. The normalized spacial score (nSPS) is 23.9. The van der Waals surface area contributed by atoms with Crippen molar-refractivity contribution in [2.45, 2.75) is 57.7 Å². The molecule has 2 fully saturated rings. The first kappa shape index (κ1) is 13.9. The van der Waals surface area contributed by atoms with E-state index in [1.54, 1.807) is 13.3 Å². The molecule has 1 aromatic rings. The zero-order valence-electron chi connectivity index (χ0n) is 12.9. The minimum absolute atomic E-state index is 0.342. The first-order valence-electron chi connectivity index (χ1n) is 7.23. The van der Waals surface area contributed by atoms with Crippen molar-refractivity contribution in [2.24, 2.45) is 0 Å². The molecule has 108 valence electrons. The predicted molar refractivity (Wildman–Crippen MR) is 78.5 cm³/mol. The maximum Gasteiger partial charge on any atom is 0.498 e. The minimum Gasteiger partial charge on any atom is -0.496 e. The van der Waals surface area contributed by atoms with Gasteiger partial charge < -0.3 is 14.0 Å². The van der Waals surface area contributed by atoms with Crippen LogP contribution in [-0.2, 0) is 9.31 Å². The Morgan fingerprint density at radius 2 is 1.80 bits per heavy atom. The molecule has 2 heterocycles. The lowest BCUT2D eigenvalue weighted by Gasteiger charge is -2.32. The van der Waals surface area contributed by atoms with Crippen molar-refractivity contribution in [3.8, 4) is 5.75 Å². The molecule has 0 atom stereocenters. The van der Waals surface area contributed by atoms with Crippen LogP contribution in [0.5, 0.6) is 5.75 Å². The molecule has 1 aliphatic heterocycles. The summed E-state index contributed by atoms with van der Waals surface area (Å²) in [6.07, 6.45) is 4.23. The fourth-order valence-electron chi connectivity index (χ4n) is 2.40. The van der Waals surface area contributed by atoms with Crippen molar-refractivity contribution in [2.75, 3.05) is 7.11 Å². The van der Waals surface area contributed by atoms with Crippen molar-refractivity contribution >= 4 is 12.6 Å². The Bertz CT molecular complexity index is 510. The topological polar surface area (TPSA) is 40.6 Å². The van der Waals surface area contributed by atoms with Crippen LogP contribution in [0.1, 0.15) is 52.1 Å². The van der Waals surface area contributed by atoms with E-state index in [0.717, 1.165) is 16.9 Å². The molecule has 3 rings (SSSR count). The summed E-state index contributed by atoms with van der Waals surface area (Å²) in [5, 5.41) is 0. The van der Waals surface area contributed by atoms with Gasteiger partial charge in [0.1, 0.15) is 5.75 Å². The van der Waals surface area contributed by atoms with Gasteiger partial charge in [0.2, 0.25) is 0 Å². The Labute approximate surface area is 121 Å². The molecular weight excluding hydrogens is 253 g/mol. The molecule has 0 radical (unpaired) electrons. The summed E-state index contributed by atoms with van der Waals surface area (Å²) < 4.78 is 17.7. The standard InChI is InChI=1S/C15H22BNO3/c1-14(2)15(3,4)20-16(19-14)11-8-12(10-6-7-10)17-9-13(11)18-5/h8-10H,6-7H2,1-5H3. The van der Waals surface area contributed by atoms with Gasteiger partial charge in [-0.3, -0.25) is 4.98 Å². The van der Waals surface area contributed by atoms with Crippen molar-refractivity contribution in [1.82, 2.24) is 4.98 Å². The number of methoxy groups -OCH3 is 1. The molecule has 0 spiro atoms. The molecule has 0 aromatic carbocycles. The highest BCUT2D eigenvalue weighted by Crippen LogP contribution is 2.40. The maximum absolute atomic E-state index is 6.12. The summed E-state index contributed by atoms with van der Waals surface area (Å²) >= 11 is 0. The summed E-state index contributed by atoms with van der Waals surface area (Å²) in [6.45, 7) is 8.23. The van der Waals surface area contributed by atoms with Crippen LogP contribution in [0.2, 0.25) is 0 Å². The van der Waals surface area contributed by atoms with Crippen LogP contribution in [0.25, 0.3) is 0 Å². The average molecular weight is 275 g/mol. The maximum atomic E-state index is 6.12. The largest absolute Gasteiger partial charge is 0.498 e. The Balaban J connectivity index is 1.95. The molecule has 0 N–H and O–H groups in total. The summed E-state index contributed by atoms with van der Waals surface area (Å²) in [7, 11) is 1.26. The number of hydrogen-bond acceptors (Lipinski definition) is 4. The Hall–Kier alpha value is -1.07. The zero-order chi connectivity index (χ0) is 14.5. The van der Waals surface area contributed by atoms with Gasteiger partial charge in [-0.2, -0.15) is 0 Å². The number of nitrogens with zero attached hydrogens (tertiary/aromatic N) is 1. The second-order valence-electron chi connectivity index (χ2n) is 6.71. The van der Waals surface area contributed by atoms with E-state index in [1.807, 2.05) is 0 Å². The number of rotatable bonds is 3. The molecule has 1 aromatic heterocycles. The molecular formula is C15H22BNO3. The Morgan fingerprint density at radius 3 is 2.30 bits per heavy atom. The molecule has 2 aliphatic rings.